The Labute approximate surface area is 166 Å². The Hall–Kier alpha value is -2.25. The SMILES string of the molecule is O=C(Nc1cccc(C(F)(F)F)c1)NC1CCN(C(Cl)c2ccccc2)CC1. The predicted molar refractivity (Wildman–Crippen MR) is 103 cm³/mol. The summed E-state index contributed by atoms with van der Waals surface area (Å²) >= 11 is 6.53. The number of anilines is 1. The smallest absolute Gasteiger partial charge is 0.335 e. The van der Waals surface area contributed by atoms with Crippen LogP contribution in [-0.2, 0) is 6.18 Å². The van der Waals surface area contributed by atoms with E-state index in [0.29, 0.717) is 12.8 Å². The van der Waals surface area contributed by atoms with Crippen LogP contribution in [0.5, 0.6) is 0 Å². The number of hydrogen-bond donors (Lipinski definition) is 2. The summed E-state index contributed by atoms with van der Waals surface area (Å²) < 4.78 is 38.3. The first-order valence-electron chi connectivity index (χ1n) is 9.01. The highest BCUT2D eigenvalue weighted by molar-refractivity contribution is 6.20. The fraction of sp³-hybridized carbons (Fsp3) is 0.350. The average molecular weight is 412 g/mol. The molecule has 0 aromatic heterocycles. The van der Waals surface area contributed by atoms with Crippen LogP contribution in [0, 0.1) is 0 Å². The molecular formula is C20H21ClF3N3O. The Kier molecular flexibility index (Phi) is 6.46. The molecule has 0 aliphatic carbocycles. The van der Waals surface area contributed by atoms with Gasteiger partial charge in [-0.1, -0.05) is 36.4 Å². The number of urea groups is 1. The molecular weight excluding hydrogens is 391 g/mol. The van der Waals surface area contributed by atoms with Crippen LogP contribution < -0.4 is 10.6 Å². The number of nitrogens with zero attached hydrogens (tertiary/aromatic N) is 1. The number of carbonyl (C=O) groups excluding carboxylic acids is 1. The lowest BCUT2D eigenvalue weighted by Gasteiger charge is -2.35. The quantitative estimate of drug-likeness (QED) is 0.534. The number of likely N-dealkylation sites (tertiary alicyclic amines) is 1. The first kappa shape index (κ1) is 20.5. The molecule has 2 aromatic carbocycles. The highest BCUT2D eigenvalue weighted by Gasteiger charge is 2.30. The lowest BCUT2D eigenvalue weighted by molar-refractivity contribution is -0.137. The number of piperidine rings is 1. The Morgan fingerprint density at radius 2 is 1.75 bits per heavy atom. The number of hydrogen-bond acceptors (Lipinski definition) is 2. The van der Waals surface area contributed by atoms with E-state index in [1.807, 2.05) is 30.3 Å². The highest BCUT2D eigenvalue weighted by Crippen LogP contribution is 2.31. The molecule has 1 unspecified atom stereocenters. The first-order valence-corrected chi connectivity index (χ1v) is 9.44. The largest absolute Gasteiger partial charge is 0.416 e. The molecule has 1 fully saturated rings. The Morgan fingerprint density at radius 3 is 2.39 bits per heavy atom. The Bertz CT molecular complexity index is 793. The summed E-state index contributed by atoms with van der Waals surface area (Å²) in [6.07, 6.45) is -3.02. The number of amides is 2. The molecule has 1 heterocycles. The monoisotopic (exact) mass is 411 g/mol. The van der Waals surface area contributed by atoms with E-state index in [0.717, 1.165) is 30.8 Å². The van der Waals surface area contributed by atoms with Crippen molar-refractivity contribution in [2.75, 3.05) is 18.4 Å². The molecule has 0 radical (unpaired) electrons. The van der Waals surface area contributed by atoms with E-state index in [1.54, 1.807) is 0 Å². The van der Waals surface area contributed by atoms with Gasteiger partial charge in [-0.05, 0) is 36.6 Å². The minimum atomic E-state index is -4.45. The molecule has 1 aliphatic heterocycles. The summed E-state index contributed by atoms with van der Waals surface area (Å²) in [4.78, 5) is 14.3. The molecule has 150 valence electrons. The van der Waals surface area contributed by atoms with Crippen LogP contribution in [0.2, 0.25) is 0 Å². The molecule has 3 rings (SSSR count). The predicted octanol–water partition coefficient (Wildman–Crippen LogP) is 5.23. The van der Waals surface area contributed by atoms with Crippen molar-refractivity contribution in [1.29, 1.82) is 0 Å². The van der Waals surface area contributed by atoms with Gasteiger partial charge in [0.2, 0.25) is 0 Å². The summed E-state index contributed by atoms with van der Waals surface area (Å²) in [6.45, 7) is 1.44. The highest BCUT2D eigenvalue weighted by atomic mass is 35.5. The van der Waals surface area contributed by atoms with E-state index in [1.165, 1.54) is 12.1 Å². The van der Waals surface area contributed by atoms with Crippen molar-refractivity contribution in [2.45, 2.75) is 30.6 Å². The molecule has 1 aliphatic rings. The second kappa shape index (κ2) is 8.84. The molecule has 28 heavy (non-hydrogen) atoms. The molecule has 0 saturated carbocycles. The Balaban J connectivity index is 1.49. The van der Waals surface area contributed by atoms with E-state index >= 15 is 0 Å². The third-order valence-electron chi connectivity index (χ3n) is 4.71. The molecule has 2 amide bonds. The van der Waals surface area contributed by atoms with Crippen LogP contribution in [0.25, 0.3) is 0 Å². The van der Waals surface area contributed by atoms with Gasteiger partial charge in [-0.3, -0.25) is 4.90 Å². The van der Waals surface area contributed by atoms with Crippen molar-refractivity contribution in [3.63, 3.8) is 0 Å². The fourth-order valence-corrected chi connectivity index (χ4v) is 3.56. The molecule has 1 atom stereocenters. The van der Waals surface area contributed by atoms with Crippen molar-refractivity contribution in [1.82, 2.24) is 10.2 Å². The van der Waals surface area contributed by atoms with Crippen LogP contribution in [-0.4, -0.2) is 30.1 Å². The van der Waals surface area contributed by atoms with Gasteiger partial charge in [-0.2, -0.15) is 13.2 Å². The van der Waals surface area contributed by atoms with E-state index in [2.05, 4.69) is 15.5 Å². The van der Waals surface area contributed by atoms with Crippen molar-refractivity contribution < 1.29 is 18.0 Å². The molecule has 8 heteroatoms. The van der Waals surface area contributed by atoms with Gasteiger partial charge in [0.15, 0.2) is 0 Å². The van der Waals surface area contributed by atoms with Gasteiger partial charge in [0, 0.05) is 24.8 Å². The summed E-state index contributed by atoms with van der Waals surface area (Å²) in [5.41, 5.74) is 0.112. The van der Waals surface area contributed by atoms with Gasteiger partial charge < -0.3 is 10.6 Å². The number of nitrogens with one attached hydrogen (secondary N) is 2. The minimum absolute atomic E-state index is 0.0540. The number of alkyl halides is 4. The lowest BCUT2D eigenvalue weighted by Crippen LogP contribution is -2.46. The second-order valence-electron chi connectivity index (χ2n) is 6.73. The molecule has 1 saturated heterocycles. The maximum Gasteiger partial charge on any atom is 0.416 e. The molecule has 0 spiro atoms. The van der Waals surface area contributed by atoms with E-state index in [-0.39, 0.29) is 17.2 Å². The van der Waals surface area contributed by atoms with Crippen molar-refractivity contribution in [3.05, 3.63) is 65.7 Å². The number of halogens is 4. The first-order chi connectivity index (χ1) is 13.3. The molecule has 2 N–H and O–H groups in total. The third kappa shape index (κ3) is 5.39. The summed E-state index contributed by atoms with van der Waals surface area (Å²) in [5, 5.41) is 5.30. The molecule has 2 aromatic rings. The van der Waals surface area contributed by atoms with Crippen LogP contribution in [0.15, 0.2) is 54.6 Å². The zero-order valence-electron chi connectivity index (χ0n) is 15.0. The molecule has 4 nitrogen and oxygen atoms in total. The summed E-state index contributed by atoms with van der Waals surface area (Å²) in [5.74, 6) is 0. The van der Waals surface area contributed by atoms with Gasteiger partial charge in [0.1, 0.15) is 5.50 Å². The summed E-state index contributed by atoms with van der Waals surface area (Å²) in [6, 6.07) is 13.8. The standard InChI is InChI=1S/C20H21ClF3N3O/c21-18(14-5-2-1-3-6-14)27-11-9-16(10-12-27)25-19(28)26-17-8-4-7-15(13-17)20(22,23)24/h1-8,13,16,18H,9-12H2,(H2,25,26,28). The van der Waals surface area contributed by atoms with Crippen molar-refractivity contribution >= 4 is 23.3 Å². The topological polar surface area (TPSA) is 44.4 Å². The normalized spacial score (nSPS) is 17.1. The number of rotatable bonds is 4. The van der Waals surface area contributed by atoms with E-state index in [4.69, 9.17) is 11.6 Å². The zero-order valence-corrected chi connectivity index (χ0v) is 15.8. The van der Waals surface area contributed by atoms with Gasteiger partial charge in [-0.15, -0.1) is 11.6 Å². The van der Waals surface area contributed by atoms with Gasteiger partial charge >= 0.3 is 12.2 Å². The van der Waals surface area contributed by atoms with Crippen molar-refractivity contribution in [2.24, 2.45) is 0 Å². The van der Waals surface area contributed by atoms with Crippen LogP contribution >= 0.6 is 11.6 Å². The number of carbonyl (C=O) groups is 1. The minimum Gasteiger partial charge on any atom is -0.335 e. The number of benzene rings is 2. The van der Waals surface area contributed by atoms with E-state index < -0.39 is 17.8 Å². The Morgan fingerprint density at radius 1 is 1.07 bits per heavy atom. The maximum atomic E-state index is 12.8. The third-order valence-corrected chi connectivity index (χ3v) is 5.24. The van der Waals surface area contributed by atoms with Gasteiger partial charge in [0.05, 0.1) is 5.56 Å². The van der Waals surface area contributed by atoms with Crippen LogP contribution in [0.1, 0.15) is 29.5 Å². The zero-order chi connectivity index (χ0) is 20.1. The second-order valence-corrected chi connectivity index (χ2v) is 7.15. The fourth-order valence-electron chi connectivity index (χ4n) is 3.22. The molecule has 0 bridgehead atoms. The van der Waals surface area contributed by atoms with Crippen LogP contribution in [0.4, 0.5) is 23.7 Å². The maximum absolute atomic E-state index is 12.8. The van der Waals surface area contributed by atoms with Gasteiger partial charge in [0.25, 0.3) is 0 Å². The van der Waals surface area contributed by atoms with Crippen LogP contribution in [0.3, 0.4) is 0 Å². The van der Waals surface area contributed by atoms with Crippen molar-refractivity contribution in [3.8, 4) is 0 Å². The lowest BCUT2D eigenvalue weighted by atomic mass is 10.0. The average Bonchev–Trinajstić information content (AvgIpc) is 2.68. The van der Waals surface area contributed by atoms with Gasteiger partial charge in [-0.25, -0.2) is 4.79 Å². The van der Waals surface area contributed by atoms with E-state index in [9.17, 15) is 18.0 Å². The summed E-state index contributed by atoms with van der Waals surface area (Å²) in [7, 11) is 0.